The van der Waals surface area contributed by atoms with Crippen LogP contribution in [0.1, 0.15) is 42.7 Å². The van der Waals surface area contributed by atoms with Gasteiger partial charge in [0.1, 0.15) is 18.9 Å². The summed E-state index contributed by atoms with van der Waals surface area (Å²) in [4.78, 5) is 37.7. The second kappa shape index (κ2) is 6.14. The van der Waals surface area contributed by atoms with Crippen molar-refractivity contribution >= 4 is 17.8 Å². The first-order chi connectivity index (χ1) is 11.0. The molecule has 7 heteroatoms. The molecule has 0 bridgehead atoms. The van der Waals surface area contributed by atoms with Crippen molar-refractivity contribution in [3.63, 3.8) is 0 Å². The van der Waals surface area contributed by atoms with Gasteiger partial charge >= 0.3 is 5.97 Å². The molecule has 2 amide bonds. The Hall–Kier alpha value is -2.18. The largest absolute Gasteiger partial charge is 0.459 e. The third-order valence-corrected chi connectivity index (χ3v) is 4.78. The summed E-state index contributed by atoms with van der Waals surface area (Å²) in [5.41, 5.74) is 1.38. The first-order valence-electron chi connectivity index (χ1n) is 7.91. The number of carbonyl (C=O) groups is 3. The Morgan fingerprint density at radius 2 is 1.83 bits per heavy atom. The summed E-state index contributed by atoms with van der Waals surface area (Å²) >= 11 is 0. The van der Waals surface area contributed by atoms with Crippen molar-refractivity contribution in [2.24, 2.45) is 11.8 Å². The van der Waals surface area contributed by atoms with Crippen molar-refractivity contribution in [2.75, 3.05) is 6.54 Å². The Morgan fingerprint density at radius 3 is 2.35 bits per heavy atom. The van der Waals surface area contributed by atoms with Crippen molar-refractivity contribution in [3.8, 4) is 0 Å². The Bertz CT molecular complexity index is 607. The number of aryl methyl sites for hydroxylation is 2. The molecule has 1 aromatic heterocycles. The normalized spacial score (nSPS) is 24.0. The highest BCUT2D eigenvalue weighted by atomic mass is 16.5. The number of ether oxygens (including phenoxy) is 1. The molecule has 0 N–H and O–H groups in total. The summed E-state index contributed by atoms with van der Waals surface area (Å²) in [7, 11) is 0. The van der Waals surface area contributed by atoms with Crippen LogP contribution in [0.5, 0.6) is 0 Å². The van der Waals surface area contributed by atoms with Gasteiger partial charge in [-0.05, 0) is 26.7 Å². The SMILES string of the molecule is Cc1noc(C)c1COC(=O)CN1C(=O)C2CCCCC2C1=O. The zero-order valence-corrected chi connectivity index (χ0v) is 13.3. The van der Waals surface area contributed by atoms with E-state index in [1.807, 2.05) is 0 Å². The number of esters is 1. The lowest BCUT2D eigenvalue weighted by Crippen LogP contribution is -2.36. The maximum atomic E-state index is 12.3. The monoisotopic (exact) mass is 320 g/mol. The Morgan fingerprint density at radius 1 is 1.22 bits per heavy atom. The lowest BCUT2D eigenvalue weighted by atomic mass is 9.81. The van der Waals surface area contributed by atoms with Crippen molar-refractivity contribution in [3.05, 3.63) is 17.0 Å². The molecule has 1 aliphatic carbocycles. The highest BCUT2D eigenvalue weighted by molar-refractivity contribution is 6.07. The maximum Gasteiger partial charge on any atom is 0.326 e. The third kappa shape index (κ3) is 2.87. The smallest absolute Gasteiger partial charge is 0.326 e. The minimum absolute atomic E-state index is 0.0308. The fourth-order valence-corrected chi connectivity index (χ4v) is 3.42. The van der Waals surface area contributed by atoms with Gasteiger partial charge in [-0.2, -0.15) is 0 Å². The van der Waals surface area contributed by atoms with E-state index < -0.39 is 5.97 Å². The highest BCUT2D eigenvalue weighted by Gasteiger charge is 2.48. The van der Waals surface area contributed by atoms with Gasteiger partial charge in [-0.3, -0.25) is 19.3 Å². The van der Waals surface area contributed by atoms with Gasteiger partial charge in [0.15, 0.2) is 0 Å². The number of hydrogen-bond acceptors (Lipinski definition) is 6. The van der Waals surface area contributed by atoms with E-state index >= 15 is 0 Å². The van der Waals surface area contributed by atoms with E-state index in [9.17, 15) is 14.4 Å². The second-order valence-electron chi connectivity index (χ2n) is 6.22. The first kappa shape index (κ1) is 15.7. The van der Waals surface area contributed by atoms with Crippen LogP contribution in [0.25, 0.3) is 0 Å². The highest BCUT2D eigenvalue weighted by Crippen LogP contribution is 2.37. The van der Waals surface area contributed by atoms with Gasteiger partial charge in [-0.25, -0.2) is 0 Å². The molecular weight excluding hydrogens is 300 g/mol. The lowest BCUT2D eigenvalue weighted by molar-refractivity contribution is -0.153. The molecule has 124 valence electrons. The van der Waals surface area contributed by atoms with Gasteiger partial charge < -0.3 is 9.26 Å². The molecular formula is C16H20N2O5. The maximum absolute atomic E-state index is 12.3. The van der Waals surface area contributed by atoms with Crippen LogP contribution in [0.15, 0.2) is 4.52 Å². The van der Waals surface area contributed by atoms with Crippen LogP contribution in [0.2, 0.25) is 0 Å². The van der Waals surface area contributed by atoms with Crippen LogP contribution in [-0.2, 0) is 25.7 Å². The fraction of sp³-hybridized carbons (Fsp3) is 0.625. The summed E-state index contributed by atoms with van der Waals surface area (Å²) < 4.78 is 10.2. The van der Waals surface area contributed by atoms with Gasteiger partial charge in [0.05, 0.1) is 23.1 Å². The molecule has 1 saturated heterocycles. The first-order valence-corrected chi connectivity index (χ1v) is 7.91. The molecule has 0 radical (unpaired) electrons. The second-order valence-corrected chi connectivity index (χ2v) is 6.22. The number of aromatic nitrogens is 1. The van der Waals surface area contributed by atoms with Crippen molar-refractivity contribution in [1.82, 2.24) is 10.1 Å². The zero-order chi connectivity index (χ0) is 16.6. The molecule has 3 rings (SSSR count). The lowest BCUT2D eigenvalue weighted by Gasteiger charge is -2.19. The van der Waals surface area contributed by atoms with Crippen molar-refractivity contribution in [2.45, 2.75) is 46.1 Å². The van der Waals surface area contributed by atoms with Gasteiger partial charge in [0.2, 0.25) is 11.8 Å². The number of amides is 2. The van der Waals surface area contributed by atoms with E-state index in [-0.39, 0.29) is 36.8 Å². The molecule has 2 unspecified atom stereocenters. The Labute approximate surface area is 133 Å². The van der Waals surface area contributed by atoms with Crippen LogP contribution >= 0.6 is 0 Å². The van der Waals surface area contributed by atoms with Crippen LogP contribution < -0.4 is 0 Å². The van der Waals surface area contributed by atoms with Gasteiger partial charge in [0.25, 0.3) is 0 Å². The summed E-state index contributed by atoms with van der Waals surface area (Å²) in [6.07, 6.45) is 3.40. The average molecular weight is 320 g/mol. The topological polar surface area (TPSA) is 89.7 Å². The van der Waals surface area contributed by atoms with E-state index in [0.29, 0.717) is 17.0 Å². The van der Waals surface area contributed by atoms with E-state index in [2.05, 4.69) is 5.16 Å². The number of carbonyl (C=O) groups excluding carboxylic acids is 3. The van der Waals surface area contributed by atoms with Crippen LogP contribution in [0.4, 0.5) is 0 Å². The molecule has 2 atom stereocenters. The molecule has 23 heavy (non-hydrogen) atoms. The quantitative estimate of drug-likeness (QED) is 0.617. The minimum Gasteiger partial charge on any atom is -0.459 e. The molecule has 7 nitrogen and oxygen atoms in total. The third-order valence-electron chi connectivity index (χ3n) is 4.78. The van der Waals surface area contributed by atoms with Gasteiger partial charge in [0, 0.05) is 0 Å². The molecule has 0 spiro atoms. The van der Waals surface area contributed by atoms with Crippen molar-refractivity contribution in [1.29, 1.82) is 0 Å². The van der Waals surface area contributed by atoms with E-state index in [0.717, 1.165) is 30.6 Å². The van der Waals surface area contributed by atoms with Gasteiger partial charge in [-0.15, -0.1) is 0 Å². The van der Waals surface area contributed by atoms with E-state index in [1.165, 1.54) is 0 Å². The minimum atomic E-state index is -0.592. The van der Waals surface area contributed by atoms with Crippen LogP contribution in [0.3, 0.4) is 0 Å². The molecule has 1 saturated carbocycles. The molecule has 1 aromatic rings. The fourth-order valence-electron chi connectivity index (χ4n) is 3.42. The van der Waals surface area contributed by atoms with E-state index in [1.54, 1.807) is 13.8 Å². The summed E-state index contributed by atoms with van der Waals surface area (Å²) in [5, 5.41) is 3.79. The zero-order valence-electron chi connectivity index (χ0n) is 13.3. The number of imide groups is 1. The molecule has 2 fully saturated rings. The number of hydrogen-bond donors (Lipinski definition) is 0. The molecule has 0 aromatic carbocycles. The van der Waals surface area contributed by atoms with Gasteiger partial charge in [-0.1, -0.05) is 18.0 Å². The number of rotatable bonds is 4. The molecule has 2 heterocycles. The van der Waals surface area contributed by atoms with Crippen molar-refractivity contribution < 1.29 is 23.6 Å². The number of fused-ring (bicyclic) bond motifs is 1. The predicted molar refractivity (Wildman–Crippen MR) is 77.9 cm³/mol. The summed E-state index contributed by atoms with van der Waals surface area (Å²) in [6.45, 7) is 3.22. The Kier molecular flexibility index (Phi) is 4.19. The summed E-state index contributed by atoms with van der Waals surface area (Å²) in [5.74, 6) is -0.943. The molecule has 1 aliphatic heterocycles. The summed E-state index contributed by atoms with van der Waals surface area (Å²) in [6, 6.07) is 0. The predicted octanol–water partition coefficient (Wildman–Crippen LogP) is 1.51. The standard InChI is InChI=1S/C16H20N2O5/c1-9-13(10(2)23-17-9)8-22-14(19)7-18-15(20)11-5-3-4-6-12(11)16(18)21/h11-12H,3-8H2,1-2H3. The van der Waals surface area contributed by atoms with Crippen LogP contribution in [-0.4, -0.2) is 34.4 Å². The average Bonchev–Trinajstić information content (AvgIpc) is 2.98. The van der Waals surface area contributed by atoms with E-state index in [4.69, 9.17) is 9.26 Å². The Balaban J connectivity index is 1.59. The number of likely N-dealkylation sites (tertiary alicyclic amines) is 1. The molecule has 2 aliphatic rings. The van der Waals surface area contributed by atoms with Crippen LogP contribution in [0, 0.1) is 25.7 Å². The number of nitrogens with zero attached hydrogens (tertiary/aromatic N) is 2.